The van der Waals surface area contributed by atoms with Gasteiger partial charge in [0.05, 0.1) is 32.5 Å². The first-order valence-corrected chi connectivity index (χ1v) is 15.3. The number of nitrogens with one attached hydrogen (secondary N) is 1. The van der Waals surface area contributed by atoms with Crippen LogP contribution in [0.1, 0.15) is 38.2 Å². The summed E-state index contributed by atoms with van der Waals surface area (Å²) in [6.45, 7) is 1.61. The molecule has 20 nitrogen and oxygen atoms in total. The van der Waals surface area contributed by atoms with Crippen LogP contribution in [-0.4, -0.2) is 66.2 Å². The molecule has 250 valence electrons. The Labute approximate surface area is 263 Å². The predicted octanol–water partition coefficient (Wildman–Crippen LogP) is 3.97. The molecule has 2 saturated heterocycles. The maximum atomic E-state index is 13.6. The molecule has 0 bridgehead atoms. The highest BCUT2D eigenvalue weighted by Crippen LogP contribution is 2.58. The van der Waals surface area contributed by atoms with Gasteiger partial charge in [-0.3, -0.25) is 37.7 Å². The minimum absolute atomic E-state index is 0.0956. The maximum absolute atomic E-state index is 13.6. The number of aromatic amines is 1. The van der Waals surface area contributed by atoms with Gasteiger partial charge in [-0.2, -0.15) is 9.78 Å². The van der Waals surface area contributed by atoms with Crippen LogP contribution in [-0.2, 0) is 51.9 Å². The van der Waals surface area contributed by atoms with E-state index in [0.29, 0.717) is 15.2 Å². The second-order valence-electron chi connectivity index (χ2n) is 9.15. The first-order valence-electron chi connectivity index (χ1n) is 13.4. The number of aromatic nitrogens is 2. The fraction of sp³-hybridized carbons (Fsp3) is 0.500. The minimum atomic E-state index is -4.49. The third-order valence-electron chi connectivity index (χ3n) is 6.17. The van der Waals surface area contributed by atoms with Gasteiger partial charge in [0.25, 0.3) is 5.56 Å². The van der Waals surface area contributed by atoms with Gasteiger partial charge in [0.1, 0.15) is 0 Å². The molecule has 22 heteroatoms. The first-order chi connectivity index (χ1) is 22.0. The van der Waals surface area contributed by atoms with Crippen LogP contribution in [0, 0.1) is 0 Å². The van der Waals surface area contributed by atoms with Gasteiger partial charge < -0.3 is 14.2 Å². The van der Waals surface area contributed by atoms with Gasteiger partial charge in [-0.05, 0) is 37.1 Å². The van der Waals surface area contributed by atoms with Crippen molar-refractivity contribution in [1.82, 2.24) is 9.55 Å². The number of halogens is 1. The largest absolute Gasteiger partial charge is 0.541 e. The molecule has 0 aliphatic carbocycles. The molecule has 46 heavy (non-hydrogen) atoms. The summed E-state index contributed by atoms with van der Waals surface area (Å²) in [5, 5.41) is 3.97. The van der Waals surface area contributed by atoms with Gasteiger partial charge >= 0.3 is 25.8 Å². The van der Waals surface area contributed by atoms with Crippen molar-refractivity contribution in [3.63, 3.8) is 0 Å². The summed E-state index contributed by atoms with van der Waals surface area (Å²) in [7, 11) is -4.49. The van der Waals surface area contributed by atoms with Crippen molar-refractivity contribution in [3.8, 4) is 0 Å². The summed E-state index contributed by atoms with van der Waals surface area (Å²) in [5.74, 6) is 0. The molecule has 4 rings (SSSR count). The molecule has 0 unspecified atom stereocenters. The number of benzene rings is 1. The summed E-state index contributed by atoms with van der Waals surface area (Å²) in [5.41, 5.74) is 5.62. The van der Waals surface area contributed by atoms with E-state index in [0.717, 1.165) is 12.3 Å². The van der Waals surface area contributed by atoms with E-state index in [4.69, 9.17) is 39.4 Å². The molecule has 2 aromatic rings. The lowest BCUT2D eigenvalue weighted by molar-refractivity contribution is -0.265. The smallest absolute Gasteiger partial charge is 0.421 e. The second-order valence-corrected chi connectivity index (χ2v) is 11.2. The highest BCUT2D eigenvalue weighted by Gasteiger charge is 2.62. The van der Waals surface area contributed by atoms with Crippen molar-refractivity contribution in [2.45, 2.75) is 50.5 Å². The lowest BCUT2D eigenvalue weighted by Gasteiger charge is -2.33. The van der Waals surface area contributed by atoms with Crippen LogP contribution in [0.4, 0.5) is 9.59 Å². The SMILES string of the molecule is CCOOC(=O)O[C@H]1[C@H](n2ccc(=O)[nH]c2=O)O[C@@](CO[P@@]2(=O)OCC[C@@H](c3cccc(Cl)c3)O2)(N=[N+]=[N-])[C@H]1OC(=O)OOCC. The summed E-state index contributed by atoms with van der Waals surface area (Å²) >= 11 is 6.08. The average Bonchev–Trinajstić information content (AvgIpc) is 3.30. The van der Waals surface area contributed by atoms with Crippen LogP contribution in [0.5, 0.6) is 0 Å². The normalized spacial score (nSPS) is 27.3. The third-order valence-corrected chi connectivity index (χ3v) is 7.86. The van der Waals surface area contributed by atoms with E-state index in [1.54, 1.807) is 24.3 Å². The quantitative estimate of drug-likeness (QED) is 0.0629. The van der Waals surface area contributed by atoms with Gasteiger partial charge in [-0.1, -0.05) is 28.8 Å². The molecule has 2 fully saturated rings. The van der Waals surface area contributed by atoms with E-state index in [-0.39, 0.29) is 26.2 Å². The van der Waals surface area contributed by atoms with Gasteiger partial charge in [0, 0.05) is 28.6 Å². The Bertz CT molecular complexity index is 1620. The zero-order valence-electron chi connectivity index (χ0n) is 24.0. The topological polar surface area (TPSA) is 247 Å². The molecule has 0 spiro atoms. The van der Waals surface area contributed by atoms with Crippen molar-refractivity contribution in [3.05, 3.63) is 78.4 Å². The van der Waals surface area contributed by atoms with Crippen LogP contribution < -0.4 is 11.2 Å². The van der Waals surface area contributed by atoms with E-state index in [2.05, 4.69) is 29.6 Å². The van der Waals surface area contributed by atoms with E-state index < -0.39 is 68.3 Å². The molecular weight excluding hydrogens is 665 g/mol. The number of rotatable bonds is 12. The van der Waals surface area contributed by atoms with E-state index in [1.165, 1.54) is 13.8 Å². The average molecular weight is 692 g/mol. The number of nitrogens with zero attached hydrogens (tertiary/aromatic N) is 4. The lowest BCUT2D eigenvalue weighted by atomic mass is 10.1. The van der Waals surface area contributed by atoms with Crippen LogP contribution >= 0.6 is 19.4 Å². The van der Waals surface area contributed by atoms with Gasteiger partial charge in [0.2, 0.25) is 5.72 Å². The zero-order valence-corrected chi connectivity index (χ0v) is 25.7. The van der Waals surface area contributed by atoms with Crippen LogP contribution in [0.25, 0.3) is 10.4 Å². The molecule has 1 aromatic carbocycles. The Hall–Kier alpha value is -3.97. The number of hydrogen-bond acceptors (Lipinski definition) is 16. The number of carbonyl (C=O) groups excluding carboxylic acids is 2. The molecule has 2 aliphatic rings. The van der Waals surface area contributed by atoms with E-state index >= 15 is 0 Å². The number of azide groups is 1. The van der Waals surface area contributed by atoms with Crippen molar-refractivity contribution >= 4 is 31.7 Å². The zero-order chi connectivity index (χ0) is 33.3. The van der Waals surface area contributed by atoms with E-state index in [9.17, 15) is 29.3 Å². The molecular formula is C24H27ClN5O15P. The number of ether oxygens (including phenoxy) is 3. The fourth-order valence-corrected chi connectivity index (χ4v) is 5.93. The lowest BCUT2D eigenvalue weighted by Crippen LogP contribution is -2.49. The predicted molar refractivity (Wildman–Crippen MR) is 149 cm³/mol. The van der Waals surface area contributed by atoms with Crippen LogP contribution in [0.15, 0.2) is 51.2 Å². The number of carbonyl (C=O) groups is 2. The molecule has 0 amide bonds. The molecule has 1 aromatic heterocycles. The van der Waals surface area contributed by atoms with Gasteiger partial charge in [-0.25, -0.2) is 18.9 Å². The molecule has 3 heterocycles. The summed E-state index contributed by atoms with van der Waals surface area (Å²) < 4.78 is 47.3. The Morgan fingerprint density at radius 3 is 2.54 bits per heavy atom. The van der Waals surface area contributed by atoms with Crippen molar-refractivity contribution in [2.75, 3.05) is 26.4 Å². The summed E-state index contributed by atoms with van der Waals surface area (Å²) in [4.78, 5) is 72.4. The molecule has 2 aliphatic heterocycles. The number of H-pyrrole nitrogens is 1. The minimum Gasteiger partial charge on any atom is -0.421 e. The van der Waals surface area contributed by atoms with Crippen LogP contribution in [0.2, 0.25) is 5.02 Å². The van der Waals surface area contributed by atoms with Gasteiger partial charge in [0.15, 0.2) is 18.4 Å². The third kappa shape index (κ3) is 8.43. The van der Waals surface area contributed by atoms with Crippen LogP contribution in [0.3, 0.4) is 0 Å². The highest BCUT2D eigenvalue weighted by molar-refractivity contribution is 7.48. The number of hydrogen-bond donors (Lipinski definition) is 1. The number of phosphoric acid groups is 1. The fourth-order valence-electron chi connectivity index (χ4n) is 4.32. The highest BCUT2D eigenvalue weighted by atomic mass is 35.5. The number of phosphoric ester groups is 1. The van der Waals surface area contributed by atoms with Crippen molar-refractivity contribution in [2.24, 2.45) is 5.11 Å². The second kappa shape index (κ2) is 15.5. The summed E-state index contributed by atoms with van der Waals surface area (Å²) in [6.07, 6.45) is -8.46. The first kappa shape index (κ1) is 34.9. The van der Waals surface area contributed by atoms with Crippen molar-refractivity contribution < 1.29 is 61.5 Å². The Morgan fingerprint density at radius 1 is 1.17 bits per heavy atom. The molecule has 0 radical (unpaired) electrons. The van der Waals surface area contributed by atoms with E-state index in [1.807, 2.05) is 4.98 Å². The van der Waals surface area contributed by atoms with Crippen molar-refractivity contribution in [1.29, 1.82) is 0 Å². The Morgan fingerprint density at radius 2 is 1.89 bits per heavy atom. The Balaban J connectivity index is 1.73. The maximum Gasteiger partial charge on any atom is 0.541 e. The summed E-state index contributed by atoms with van der Waals surface area (Å²) in [6, 6.07) is 7.47. The standard InChI is InChI=1S/C24H27ClN5O15P/c1-3-36-43-22(33)40-18-19(41-23(34)44-37-4-2)24(28-29-26,42-20(18)30-10-8-17(31)27-21(30)32)13-39-46(35)38-11-9-16(45-46)14-6-5-7-15(25)12-14/h5-8,10,12,16,18-20H,3-4,9,11,13H2,1-2H3,(H,27,31,32)/t16-,18+,19-,20+,24+,46+/m0/s1. The molecule has 0 saturated carbocycles. The van der Waals surface area contributed by atoms with Gasteiger partial charge in [-0.15, -0.1) is 0 Å². The monoisotopic (exact) mass is 691 g/mol. The molecule has 6 atom stereocenters. The Kier molecular flexibility index (Phi) is 11.8. The molecule has 1 N–H and O–H groups in total.